The standard InChI is InChI=1S/C17H18FN3O/c18-13-6-4-12(5-7-13)16-3-1-2-10-21(16)17(22)15-11-14(19)8-9-20-15/h4-9,11,16H,1-3,10H2,(H2,19,20). The maximum Gasteiger partial charge on any atom is 0.273 e. The number of nitrogens with zero attached hydrogens (tertiary/aromatic N) is 2. The Morgan fingerprint density at radius 1 is 1.23 bits per heavy atom. The number of rotatable bonds is 2. The number of aromatic nitrogens is 1. The van der Waals surface area contributed by atoms with Crippen molar-refractivity contribution in [1.29, 1.82) is 0 Å². The lowest BCUT2D eigenvalue weighted by molar-refractivity contribution is 0.0605. The molecule has 4 nitrogen and oxygen atoms in total. The molecule has 2 heterocycles. The fourth-order valence-electron chi connectivity index (χ4n) is 2.92. The minimum absolute atomic E-state index is 0.0370. The van der Waals surface area contributed by atoms with E-state index in [1.165, 1.54) is 12.1 Å². The SMILES string of the molecule is Nc1ccnc(C(=O)N2CCCCC2c2ccc(F)cc2)c1. The zero-order valence-electron chi connectivity index (χ0n) is 12.2. The molecule has 1 aromatic heterocycles. The highest BCUT2D eigenvalue weighted by Gasteiger charge is 2.29. The number of hydrogen-bond acceptors (Lipinski definition) is 3. The Bertz CT molecular complexity index is 672. The van der Waals surface area contributed by atoms with Gasteiger partial charge in [-0.1, -0.05) is 12.1 Å². The molecule has 2 aromatic rings. The minimum Gasteiger partial charge on any atom is -0.399 e. The quantitative estimate of drug-likeness (QED) is 0.926. The van der Waals surface area contributed by atoms with Gasteiger partial charge in [0.2, 0.25) is 0 Å². The van der Waals surface area contributed by atoms with Crippen LogP contribution in [0.5, 0.6) is 0 Å². The molecule has 1 aromatic carbocycles. The second-order valence-electron chi connectivity index (χ2n) is 5.54. The van der Waals surface area contributed by atoms with Crippen LogP contribution in [-0.4, -0.2) is 22.3 Å². The van der Waals surface area contributed by atoms with E-state index in [-0.39, 0.29) is 17.8 Å². The number of benzene rings is 1. The van der Waals surface area contributed by atoms with Gasteiger partial charge in [0, 0.05) is 18.4 Å². The summed E-state index contributed by atoms with van der Waals surface area (Å²) >= 11 is 0. The third-order valence-electron chi connectivity index (χ3n) is 4.02. The molecular formula is C17H18FN3O. The Kier molecular flexibility index (Phi) is 4.04. The summed E-state index contributed by atoms with van der Waals surface area (Å²) in [6.45, 7) is 0.678. The zero-order chi connectivity index (χ0) is 15.5. The molecule has 1 aliphatic heterocycles. The molecule has 1 atom stereocenters. The van der Waals surface area contributed by atoms with Gasteiger partial charge >= 0.3 is 0 Å². The van der Waals surface area contributed by atoms with E-state index in [1.807, 2.05) is 4.90 Å². The first-order valence-corrected chi connectivity index (χ1v) is 7.43. The van der Waals surface area contributed by atoms with Crippen molar-refractivity contribution in [2.45, 2.75) is 25.3 Å². The molecule has 114 valence electrons. The fraction of sp³-hybridized carbons (Fsp3) is 0.294. The molecule has 22 heavy (non-hydrogen) atoms. The van der Waals surface area contributed by atoms with Gasteiger partial charge in [0.05, 0.1) is 6.04 Å². The van der Waals surface area contributed by atoms with Crippen molar-refractivity contribution in [2.75, 3.05) is 12.3 Å². The van der Waals surface area contributed by atoms with Gasteiger partial charge in [0.1, 0.15) is 11.5 Å². The molecule has 2 N–H and O–H groups in total. The number of hydrogen-bond donors (Lipinski definition) is 1. The van der Waals surface area contributed by atoms with Crippen molar-refractivity contribution in [1.82, 2.24) is 9.88 Å². The second-order valence-corrected chi connectivity index (χ2v) is 5.54. The smallest absolute Gasteiger partial charge is 0.273 e. The van der Waals surface area contributed by atoms with Crippen LogP contribution in [0.2, 0.25) is 0 Å². The number of carbonyl (C=O) groups excluding carboxylic acids is 1. The molecule has 0 aliphatic carbocycles. The van der Waals surface area contributed by atoms with Crippen LogP contribution < -0.4 is 5.73 Å². The predicted octanol–water partition coefficient (Wildman–Crippen LogP) is 3.17. The molecule has 1 saturated heterocycles. The summed E-state index contributed by atoms with van der Waals surface area (Å²) in [6.07, 6.45) is 4.43. The molecule has 0 bridgehead atoms. The molecule has 3 rings (SSSR count). The molecular weight excluding hydrogens is 281 g/mol. The Labute approximate surface area is 128 Å². The van der Waals surface area contributed by atoms with Gasteiger partial charge in [-0.2, -0.15) is 0 Å². The first-order valence-electron chi connectivity index (χ1n) is 7.43. The maximum absolute atomic E-state index is 13.1. The third kappa shape index (κ3) is 2.93. The number of anilines is 1. The third-order valence-corrected chi connectivity index (χ3v) is 4.02. The van der Waals surface area contributed by atoms with E-state index >= 15 is 0 Å². The van der Waals surface area contributed by atoms with Crippen LogP contribution in [0.25, 0.3) is 0 Å². The summed E-state index contributed by atoms with van der Waals surface area (Å²) in [4.78, 5) is 18.7. The molecule has 0 saturated carbocycles. The maximum atomic E-state index is 13.1. The summed E-state index contributed by atoms with van der Waals surface area (Å²) in [5.41, 5.74) is 7.57. The van der Waals surface area contributed by atoms with Crippen LogP contribution in [0.4, 0.5) is 10.1 Å². The summed E-state index contributed by atoms with van der Waals surface area (Å²) in [5.74, 6) is -0.392. The number of pyridine rings is 1. The second kappa shape index (κ2) is 6.13. The lowest BCUT2D eigenvalue weighted by Crippen LogP contribution is -2.38. The van der Waals surface area contributed by atoms with Crippen molar-refractivity contribution in [3.63, 3.8) is 0 Å². The molecule has 1 amide bonds. The van der Waals surface area contributed by atoms with Crippen LogP contribution in [-0.2, 0) is 0 Å². The number of halogens is 1. The van der Waals surface area contributed by atoms with Crippen molar-refractivity contribution in [3.8, 4) is 0 Å². The molecule has 0 radical (unpaired) electrons. The summed E-state index contributed by atoms with van der Waals surface area (Å²) in [5, 5.41) is 0. The van der Waals surface area contributed by atoms with Crippen molar-refractivity contribution < 1.29 is 9.18 Å². The van der Waals surface area contributed by atoms with E-state index in [2.05, 4.69) is 4.98 Å². The Balaban J connectivity index is 1.89. The first-order chi connectivity index (χ1) is 10.6. The summed E-state index contributed by atoms with van der Waals surface area (Å²) in [6, 6.07) is 9.58. The minimum atomic E-state index is -0.269. The summed E-state index contributed by atoms with van der Waals surface area (Å²) in [7, 11) is 0. The molecule has 1 unspecified atom stereocenters. The van der Waals surface area contributed by atoms with Crippen LogP contribution in [0.1, 0.15) is 41.4 Å². The van der Waals surface area contributed by atoms with E-state index in [0.717, 1.165) is 24.8 Å². The number of piperidine rings is 1. The first kappa shape index (κ1) is 14.5. The van der Waals surface area contributed by atoms with Gasteiger partial charge in [-0.3, -0.25) is 9.78 Å². The van der Waals surface area contributed by atoms with Crippen LogP contribution in [0.15, 0.2) is 42.6 Å². The number of likely N-dealkylation sites (tertiary alicyclic amines) is 1. The van der Waals surface area contributed by atoms with Gasteiger partial charge in [-0.05, 0) is 49.1 Å². The normalized spacial score (nSPS) is 18.2. The Morgan fingerprint density at radius 2 is 2.00 bits per heavy atom. The van der Waals surface area contributed by atoms with Gasteiger partial charge in [0.15, 0.2) is 0 Å². The van der Waals surface area contributed by atoms with Crippen molar-refractivity contribution in [3.05, 3.63) is 59.7 Å². The zero-order valence-corrected chi connectivity index (χ0v) is 12.2. The van der Waals surface area contributed by atoms with Gasteiger partial charge in [0.25, 0.3) is 5.91 Å². The largest absolute Gasteiger partial charge is 0.399 e. The van der Waals surface area contributed by atoms with E-state index in [1.54, 1.807) is 30.5 Å². The number of amides is 1. The number of nitrogen functional groups attached to an aromatic ring is 1. The van der Waals surface area contributed by atoms with Crippen LogP contribution in [0, 0.1) is 5.82 Å². The molecule has 0 spiro atoms. The van der Waals surface area contributed by atoms with E-state index in [4.69, 9.17) is 5.73 Å². The lowest BCUT2D eigenvalue weighted by Gasteiger charge is -2.36. The van der Waals surface area contributed by atoms with E-state index < -0.39 is 0 Å². The van der Waals surface area contributed by atoms with E-state index in [9.17, 15) is 9.18 Å². The monoisotopic (exact) mass is 299 g/mol. The highest BCUT2D eigenvalue weighted by molar-refractivity contribution is 5.93. The van der Waals surface area contributed by atoms with Crippen LogP contribution >= 0.6 is 0 Å². The average Bonchev–Trinajstić information content (AvgIpc) is 2.55. The predicted molar refractivity (Wildman–Crippen MR) is 82.7 cm³/mol. The van der Waals surface area contributed by atoms with Crippen LogP contribution in [0.3, 0.4) is 0 Å². The number of nitrogens with two attached hydrogens (primary N) is 1. The Morgan fingerprint density at radius 3 is 2.73 bits per heavy atom. The fourth-order valence-corrected chi connectivity index (χ4v) is 2.92. The average molecular weight is 299 g/mol. The summed E-state index contributed by atoms with van der Waals surface area (Å²) < 4.78 is 13.1. The highest BCUT2D eigenvalue weighted by atomic mass is 19.1. The molecule has 5 heteroatoms. The lowest BCUT2D eigenvalue weighted by atomic mass is 9.95. The molecule has 1 fully saturated rings. The van der Waals surface area contributed by atoms with E-state index in [0.29, 0.717) is 17.9 Å². The number of carbonyl (C=O) groups is 1. The molecule has 1 aliphatic rings. The topological polar surface area (TPSA) is 59.2 Å². The van der Waals surface area contributed by atoms with Gasteiger partial charge in [-0.25, -0.2) is 4.39 Å². The van der Waals surface area contributed by atoms with Crippen molar-refractivity contribution in [2.24, 2.45) is 0 Å². The highest BCUT2D eigenvalue weighted by Crippen LogP contribution is 2.32. The van der Waals surface area contributed by atoms with Crippen molar-refractivity contribution >= 4 is 11.6 Å². The Hall–Kier alpha value is -2.43. The van der Waals surface area contributed by atoms with Gasteiger partial charge in [-0.15, -0.1) is 0 Å². The van der Waals surface area contributed by atoms with Gasteiger partial charge < -0.3 is 10.6 Å².